The topological polar surface area (TPSA) is 29.3 Å². The largest absolute Gasteiger partial charge is 0.329 e. The number of benzene rings is 1. The predicted octanol–water partition coefficient (Wildman–Crippen LogP) is 3.74. The van der Waals surface area contributed by atoms with Crippen molar-refractivity contribution in [3.63, 3.8) is 0 Å². The first-order valence-corrected chi connectivity index (χ1v) is 7.46. The van der Waals surface area contributed by atoms with Crippen LogP contribution >= 0.6 is 11.6 Å². The van der Waals surface area contributed by atoms with Crippen molar-refractivity contribution in [2.24, 2.45) is 5.73 Å². The Morgan fingerprint density at radius 2 is 2.26 bits per heavy atom. The van der Waals surface area contributed by atoms with E-state index >= 15 is 0 Å². The fraction of sp³-hybridized carbons (Fsp3) is 0.600. The number of halogens is 2. The van der Waals surface area contributed by atoms with Gasteiger partial charge in [-0.2, -0.15) is 0 Å². The van der Waals surface area contributed by atoms with Crippen LogP contribution in [0.1, 0.15) is 44.2 Å². The van der Waals surface area contributed by atoms with Crippen molar-refractivity contribution in [2.75, 3.05) is 13.1 Å². The molecule has 0 amide bonds. The molecule has 0 bridgehead atoms. The number of hydrogen-bond acceptors (Lipinski definition) is 2. The van der Waals surface area contributed by atoms with Gasteiger partial charge in [0, 0.05) is 23.2 Å². The van der Waals surface area contributed by atoms with Crippen LogP contribution in [0.4, 0.5) is 4.39 Å². The summed E-state index contributed by atoms with van der Waals surface area (Å²) in [6.45, 7) is 3.60. The second kappa shape index (κ2) is 6.69. The zero-order chi connectivity index (χ0) is 13.8. The van der Waals surface area contributed by atoms with E-state index in [9.17, 15) is 4.39 Å². The highest BCUT2D eigenvalue weighted by molar-refractivity contribution is 6.30. The van der Waals surface area contributed by atoms with Crippen LogP contribution in [0.3, 0.4) is 0 Å². The van der Waals surface area contributed by atoms with Gasteiger partial charge >= 0.3 is 0 Å². The van der Waals surface area contributed by atoms with E-state index in [1.807, 2.05) is 0 Å². The quantitative estimate of drug-likeness (QED) is 0.912. The van der Waals surface area contributed by atoms with E-state index < -0.39 is 0 Å². The van der Waals surface area contributed by atoms with Gasteiger partial charge in [0.1, 0.15) is 5.82 Å². The normalized spacial score (nSPS) is 22.4. The van der Waals surface area contributed by atoms with Gasteiger partial charge in [0.15, 0.2) is 0 Å². The third kappa shape index (κ3) is 3.28. The number of nitrogens with zero attached hydrogens (tertiary/aromatic N) is 1. The minimum Gasteiger partial charge on any atom is -0.329 e. The second-order valence-electron chi connectivity index (χ2n) is 5.21. The van der Waals surface area contributed by atoms with Crippen LogP contribution in [0.15, 0.2) is 18.2 Å². The fourth-order valence-corrected chi connectivity index (χ4v) is 3.26. The maximum atomic E-state index is 14.1. The molecule has 2 unspecified atom stereocenters. The molecule has 2 nitrogen and oxygen atoms in total. The molecule has 1 aromatic carbocycles. The van der Waals surface area contributed by atoms with Crippen LogP contribution in [0.5, 0.6) is 0 Å². The monoisotopic (exact) mass is 284 g/mol. The van der Waals surface area contributed by atoms with Crippen molar-refractivity contribution in [1.29, 1.82) is 0 Å². The van der Waals surface area contributed by atoms with Gasteiger partial charge in [-0.05, 0) is 44.0 Å². The SMILES string of the molecule is CCC1CCCCN1C(CN)c1cc(Cl)ccc1F. The summed E-state index contributed by atoms with van der Waals surface area (Å²) in [6, 6.07) is 5.17. The minimum absolute atomic E-state index is 0.0658. The third-order valence-electron chi connectivity index (χ3n) is 4.08. The Morgan fingerprint density at radius 3 is 2.95 bits per heavy atom. The molecule has 0 aromatic heterocycles. The summed E-state index contributed by atoms with van der Waals surface area (Å²) in [5.41, 5.74) is 6.55. The Morgan fingerprint density at radius 1 is 1.47 bits per heavy atom. The molecule has 1 saturated heterocycles. The van der Waals surface area contributed by atoms with Crippen molar-refractivity contribution in [3.8, 4) is 0 Å². The number of piperidine rings is 1. The van der Waals surface area contributed by atoms with Gasteiger partial charge in [0.2, 0.25) is 0 Å². The standard InChI is InChI=1S/C15H22ClFN2/c1-2-12-5-3-4-8-19(12)15(10-18)13-9-11(16)6-7-14(13)17/h6-7,9,12,15H,2-5,8,10,18H2,1H3. The van der Waals surface area contributed by atoms with Crippen LogP contribution in [-0.2, 0) is 0 Å². The molecule has 0 saturated carbocycles. The summed E-state index contributed by atoms with van der Waals surface area (Å²) < 4.78 is 14.1. The van der Waals surface area contributed by atoms with Crippen molar-refractivity contribution >= 4 is 11.6 Å². The van der Waals surface area contributed by atoms with Crippen molar-refractivity contribution in [3.05, 3.63) is 34.6 Å². The first-order chi connectivity index (χ1) is 9.17. The first-order valence-electron chi connectivity index (χ1n) is 7.08. The van der Waals surface area contributed by atoms with Gasteiger partial charge in [0.25, 0.3) is 0 Å². The highest BCUT2D eigenvalue weighted by atomic mass is 35.5. The van der Waals surface area contributed by atoms with E-state index in [4.69, 9.17) is 17.3 Å². The second-order valence-corrected chi connectivity index (χ2v) is 5.65. The lowest BCUT2D eigenvalue weighted by molar-refractivity contribution is 0.0930. The van der Waals surface area contributed by atoms with Crippen LogP contribution in [0.2, 0.25) is 5.02 Å². The van der Waals surface area contributed by atoms with Gasteiger partial charge in [0.05, 0.1) is 6.04 Å². The smallest absolute Gasteiger partial charge is 0.128 e. The lowest BCUT2D eigenvalue weighted by atomic mass is 9.94. The Labute approximate surface area is 119 Å². The molecule has 0 radical (unpaired) electrons. The molecule has 1 aliphatic heterocycles. The van der Waals surface area contributed by atoms with Gasteiger partial charge in [-0.3, -0.25) is 4.90 Å². The lowest BCUT2D eigenvalue weighted by Crippen LogP contribution is -2.44. The highest BCUT2D eigenvalue weighted by Crippen LogP contribution is 2.31. The summed E-state index contributed by atoms with van der Waals surface area (Å²) in [4.78, 5) is 2.36. The molecular weight excluding hydrogens is 263 g/mol. The van der Waals surface area contributed by atoms with Crippen LogP contribution in [0, 0.1) is 5.82 Å². The number of nitrogens with two attached hydrogens (primary N) is 1. The van der Waals surface area contributed by atoms with Gasteiger partial charge in [-0.1, -0.05) is 24.9 Å². The van der Waals surface area contributed by atoms with E-state index in [1.54, 1.807) is 12.1 Å². The van der Waals surface area contributed by atoms with E-state index in [-0.39, 0.29) is 11.9 Å². The van der Waals surface area contributed by atoms with Gasteiger partial charge < -0.3 is 5.73 Å². The Bertz CT molecular complexity index is 425. The maximum absolute atomic E-state index is 14.1. The van der Waals surface area contributed by atoms with Gasteiger partial charge in [-0.25, -0.2) is 4.39 Å². The van der Waals surface area contributed by atoms with E-state index in [1.165, 1.54) is 18.9 Å². The Balaban J connectivity index is 2.29. The van der Waals surface area contributed by atoms with Crippen molar-refractivity contribution in [1.82, 2.24) is 4.90 Å². The Kier molecular flexibility index (Phi) is 5.20. The van der Waals surface area contributed by atoms with Crippen LogP contribution in [-0.4, -0.2) is 24.0 Å². The number of hydrogen-bond donors (Lipinski definition) is 1. The molecule has 1 fully saturated rings. The number of likely N-dealkylation sites (tertiary alicyclic amines) is 1. The molecule has 0 spiro atoms. The summed E-state index contributed by atoms with van der Waals surface area (Å²) in [6.07, 6.45) is 4.67. The van der Waals surface area contributed by atoms with Crippen molar-refractivity contribution in [2.45, 2.75) is 44.7 Å². The molecule has 106 valence electrons. The molecule has 19 heavy (non-hydrogen) atoms. The molecule has 2 rings (SSSR count). The highest BCUT2D eigenvalue weighted by Gasteiger charge is 2.29. The van der Waals surface area contributed by atoms with E-state index in [2.05, 4.69) is 11.8 Å². The van der Waals surface area contributed by atoms with E-state index in [0.717, 1.165) is 19.4 Å². The van der Waals surface area contributed by atoms with Crippen LogP contribution < -0.4 is 5.73 Å². The van der Waals surface area contributed by atoms with Crippen molar-refractivity contribution < 1.29 is 4.39 Å². The zero-order valence-corrected chi connectivity index (χ0v) is 12.2. The number of rotatable bonds is 4. The summed E-state index contributed by atoms with van der Waals surface area (Å²) in [5, 5.41) is 0.569. The fourth-order valence-electron chi connectivity index (χ4n) is 3.08. The van der Waals surface area contributed by atoms with Crippen LogP contribution in [0.25, 0.3) is 0 Å². The molecule has 1 heterocycles. The molecule has 4 heteroatoms. The molecule has 0 aliphatic carbocycles. The minimum atomic E-state index is -0.208. The zero-order valence-electron chi connectivity index (χ0n) is 11.4. The summed E-state index contributed by atoms with van der Waals surface area (Å²) in [7, 11) is 0. The lowest BCUT2D eigenvalue weighted by Gasteiger charge is -2.41. The maximum Gasteiger partial charge on any atom is 0.128 e. The van der Waals surface area contributed by atoms with E-state index in [0.29, 0.717) is 23.2 Å². The first kappa shape index (κ1) is 14.8. The molecule has 2 atom stereocenters. The predicted molar refractivity (Wildman–Crippen MR) is 77.8 cm³/mol. The molecule has 2 N–H and O–H groups in total. The third-order valence-corrected chi connectivity index (χ3v) is 4.32. The molecular formula is C15H22ClFN2. The van der Waals surface area contributed by atoms with Gasteiger partial charge in [-0.15, -0.1) is 0 Å². The molecule has 1 aromatic rings. The summed E-state index contributed by atoms with van der Waals surface area (Å²) in [5.74, 6) is -0.208. The summed E-state index contributed by atoms with van der Waals surface area (Å²) >= 11 is 6.00. The Hall–Kier alpha value is -0.640. The molecule has 1 aliphatic rings. The average Bonchev–Trinajstić information content (AvgIpc) is 2.44. The average molecular weight is 285 g/mol.